The third kappa shape index (κ3) is 3.58. The highest BCUT2D eigenvalue weighted by Crippen LogP contribution is 2.37. The first-order chi connectivity index (χ1) is 11.8. The minimum atomic E-state index is -0.499. The second-order valence-corrected chi connectivity index (χ2v) is 8.33. The molecule has 5 heteroatoms. The highest BCUT2D eigenvalue weighted by atomic mass is 32.1. The zero-order valence-corrected chi connectivity index (χ0v) is 14.9. The van der Waals surface area contributed by atoms with Gasteiger partial charge in [-0.3, -0.25) is 4.90 Å². The highest BCUT2D eigenvalue weighted by Gasteiger charge is 2.29. The molecule has 0 spiro atoms. The number of furan rings is 1. The molecule has 3 heterocycles. The van der Waals surface area contributed by atoms with Crippen LogP contribution in [0.3, 0.4) is 0 Å². The smallest absolute Gasteiger partial charge is 0.132 e. The van der Waals surface area contributed by atoms with Gasteiger partial charge in [0.15, 0.2) is 0 Å². The van der Waals surface area contributed by atoms with Crippen LogP contribution in [0.15, 0.2) is 29.0 Å². The molecule has 2 aromatic rings. The van der Waals surface area contributed by atoms with Gasteiger partial charge in [-0.1, -0.05) is 12.8 Å². The number of hydrogen-bond acceptors (Lipinski definition) is 5. The summed E-state index contributed by atoms with van der Waals surface area (Å²) in [6.07, 6.45) is 11.7. The lowest BCUT2D eigenvalue weighted by molar-refractivity contribution is 0.0998. The van der Waals surface area contributed by atoms with Crippen LogP contribution in [0.1, 0.15) is 72.6 Å². The molecule has 0 amide bonds. The van der Waals surface area contributed by atoms with Crippen LogP contribution in [0.25, 0.3) is 0 Å². The van der Waals surface area contributed by atoms with Crippen LogP contribution in [-0.2, 0) is 6.54 Å². The molecule has 130 valence electrons. The molecule has 2 unspecified atom stereocenters. The summed E-state index contributed by atoms with van der Waals surface area (Å²) in [6.45, 7) is 2.09. The van der Waals surface area contributed by atoms with Gasteiger partial charge in [-0.05, 0) is 50.8 Å². The second-order valence-electron chi connectivity index (χ2n) is 7.18. The van der Waals surface area contributed by atoms with Crippen LogP contribution in [0, 0.1) is 0 Å². The van der Waals surface area contributed by atoms with E-state index in [1.807, 2.05) is 23.5 Å². The van der Waals surface area contributed by atoms with Crippen molar-refractivity contribution >= 4 is 11.3 Å². The molecule has 2 fully saturated rings. The van der Waals surface area contributed by atoms with Gasteiger partial charge in [-0.25, -0.2) is 4.98 Å². The number of thiazole rings is 1. The van der Waals surface area contributed by atoms with Gasteiger partial charge in [0.2, 0.25) is 0 Å². The van der Waals surface area contributed by atoms with Crippen molar-refractivity contribution in [3.8, 4) is 0 Å². The summed E-state index contributed by atoms with van der Waals surface area (Å²) >= 11 is 1.90. The van der Waals surface area contributed by atoms with Crippen LogP contribution in [-0.4, -0.2) is 27.6 Å². The number of aliphatic hydroxyl groups excluding tert-OH is 1. The molecule has 4 nitrogen and oxygen atoms in total. The number of hydrogen-bond donors (Lipinski definition) is 1. The lowest BCUT2D eigenvalue weighted by atomic mass is 10.1. The molecular weight excluding hydrogens is 320 g/mol. The van der Waals surface area contributed by atoms with Crippen molar-refractivity contribution in [1.29, 1.82) is 0 Å². The molecule has 0 bridgehead atoms. The van der Waals surface area contributed by atoms with Crippen LogP contribution in [0.5, 0.6) is 0 Å². The van der Waals surface area contributed by atoms with Crippen molar-refractivity contribution in [2.45, 2.75) is 69.6 Å². The predicted octanol–water partition coefficient (Wildman–Crippen LogP) is 4.48. The van der Waals surface area contributed by atoms with Gasteiger partial charge in [0, 0.05) is 29.6 Å². The number of aliphatic hydroxyl groups is 1. The fourth-order valence-electron chi connectivity index (χ4n) is 4.18. The molecule has 2 atom stereocenters. The Hall–Kier alpha value is -1.17. The van der Waals surface area contributed by atoms with Gasteiger partial charge >= 0.3 is 0 Å². The standard InChI is InChI=1S/C19H26N2O2S/c22-17(18-8-4-10-23-18)11-15-7-3-9-21(15)13-16-12-20-19(24-16)14-5-1-2-6-14/h4,8,10,12,14-15,17,22H,1-3,5-7,9,11,13H2. The first-order valence-electron chi connectivity index (χ1n) is 9.19. The lowest BCUT2D eigenvalue weighted by Gasteiger charge is -2.25. The summed E-state index contributed by atoms with van der Waals surface area (Å²) in [6, 6.07) is 4.13. The normalized spacial score (nSPS) is 24.0. The monoisotopic (exact) mass is 346 g/mol. The maximum absolute atomic E-state index is 10.4. The summed E-state index contributed by atoms with van der Waals surface area (Å²) < 4.78 is 5.34. The average Bonchev–Trinajstić information content (AvgIpc) is 3.37. The molecule has 2 aliphatic rings. The molecule has 24 heavy (non-hydrogen) atoms. The molecule has 0 radical (unpaired) electrons. The van der Waals surface area contributed by atoms with E-state index in [1.165, 1.54) is 42.0 Å². The van der Waals surface area contributed by atoms with E-state index < -0.39 is 6.10 Å². The van der Waals surface area contributed by atoms with Crippen molar-refractivity contribution in [2.75, 3.05) is 6.54 Å². The molecule has 1 N–H and O–H groups in total. The van der Waals surface area contributed by atoms with E-state index in [0.29, 0.717) is 17.7 Å². The van der Waals surface area contributed by atoms with Crippen LogP contribution < -0.4 is 0 Å². The first kappa shape index (κ1) is 16.3. The third-order valence-corrected chi connectivity index (χ3v) is 6.65. The van der Waals surface area contributed by atoms with Crippen LogP contribution >= 0.6 is 11.3 Å². The van der Waals surface area contributed by atoms with Gasteiger partial charge in [-0.2, -0.15) is 0 Å². The Kier molecular flexibility index (Phi) is 5.01. The lowest BCUT2D eigenvalue weighted by Crippen LogP contribution is -2.30. The maximum Gasteiger partial charge on any atom is 0.132 e. The topological polar surface area (TPSA) is 49.5 Å². The molecule has 0 aromatic carbocycles. The fraction of sp³-hybridized carbons (Fsp3) is 0.632. The van der Waals surface area contributed by atoms with Crippen molar-refractivity contribution in [3.05, 3.63) is 40.2 Å². The zero-order valence-electron chi connectivity index (χ0n) is 14.1. The largest absolute Gasteiger partial charge is 0.467 e. The van der Waals surface area contributed by atoms with E-state index in [1.54, 1.807) is 6.26 Å². The quantitative estimate of drug-likeness (QED) is 0.838. The summed E-state index contributed by atoms with van der Waals surface area (Å²) in [5.74, 6) is 1.39. The first-order valence-corrected chi connectivity index (χ1v) is 10.0. The number of nitrogens with zero attached hydrogens (tertiary/aromatic N) is 2. The Morgan fingerprint density at radius 1 is 1.29 bits per heavy atom. The minimum Gasteiger partial charge on any atom is -0.467 e. The van der Waals surface area contributed by atoms with E-state index in [2.05, 4.69) is 11.1 Å². The second kappa shape index (κ2) is 7.38. The summed E-state index contributed by atoms with van der Waals surface area (Å²) in [5, 5.41) is 11.7. The van der Waals surface area contributed by atoms with Gasteiger partial charge in [-0.15, -0.1) is 11.3 Å². The van der Waals surface area contributed by atoms with E-state index in [4.69, 9.17) is 9.40 Å². The summed E-state index contributed by atoms with van der Waals surface area (Å²) in [7, 11) is 0. The van der Waals surface area contributed by atoms with Gasteiger partial charge in [0.25, 0.3) is 0 Å². The van der Waals surface area contributed by atoms with Crippen molar-refractivity contribution < 1.29 is 9.52 Å². The molecule has 1 aliphatic heterocycles. The van der Waals surface area contributed by atoms with Crippen LogP contribution in [0.4, 0.5) is 0 Å². The molecule has 2 aromatic heterocycles. The molecule has 1 saturated carbocycles. The Labute approximate surface area is 147 Å². The van der Waals surface area contributed by atoms with Gasteiger partial charge < -0.3 is 9.52 Å². The van der Waals surface area contributed by atoms with Gasteiger partial charge in [0.05, 0.1) is 11.3 Å². The number of rotatable bonds is 6. The molecule has 1 saturated heterocycles. The molecular formula is C19H26N2O2S. The van der Waals surface area contributed by atoms with E-state index in [9.17, 15) is 5.11 Å². The fourth-order valence-corrected chi connectivity index (χ4v) is 5.29. The summed E-state index contributed by atoms with van der Waals surface area (Å²) in [5.41, 5.74) is 0. The van der Waals surface area contributed by atoms with Gasteiger partial charge in [0.1, 0.15) is 11.9 Å². The van der Waals surface area contributed by atoms with E-state index in [-0.39, 0.29) is 0 Å². The minimum absolute atomic E-state index is 0.433. The molecule has 4 rings (SSSR count). The van der Waals surface area contributed by atoms with E-state index >= 15 is 0 Å². The van der Waals surface area contributed by atoms with Crippen molar-refractivity contribution in [1.82, 2.24) is 9.88 Å². The molecule has 1 aliphatic carbocycles. The van der Waals surface area contributed by atoms with Crippen LogP contribution in [0.2, 0.25) is 0 Å². The van der Waals surface area contributed by atoms with Crippen molar-refractivity contribution in [3.63, 3.8) is 0 Å². The summed E-state index contributed by atoms with van der Waals surface area (Å²) in [4.78, 5) is 8.58. The third-order valence-electron chi connectivity index (χ3n) is 5.50. The Morgan fingerprint density at radius 2 is 2.17 bits per heavy atom. The SMILES string of the molecule is OC(CC1CCCN1Cc1cnc(C2CCCC2)s1)c1ccco1. The van der Waals surface area contributed by atoms with Crippen molar-refractivity contribution in [2.24, 2.45) is 0 Å². The number of likely N-dealkylation sites (tertiary alicyclic amines) is 1. The maximum atomic E-state index is 10.4. The average molecular weight is 346 g/mol. The number of aromatic nitrogens is 1. The Bertz CT molecular complexity index is 634. The Morgan fingerprint density at radius 3 is 2.96 bits per heavy atom. The zero-order chi connectivity index (χ0) is 16.4. The Balaban J connectivity index is 1.36. The highest BCUT2D eigenvalue weighted by molar-refractivity contribution is 7.11. The predicted molar refractivity (Wildman–Crippen MR) is 95.0 cm³/mol. The van der Waals surface area contributed by atoms with E-state index in [0.717, 1.165) is 25.9 Å².